The minimum Gasteiger partial charge on any atom is -0.349 e. The van der Waals surface area contributed by atoms with Gasteiger partial charge >= 0.3 is 0 Å². The van der Waals surface area contributed by atoms with Crippen LogP contribution in [0.25, 0.3) is 0 Å². The van der Waals surface area contributed by atoms with Crippen molar-refractivity contribution in [2.24, 2.45) is 0 Å². The first-order valence-electron chi connectivity index (χ1n) is 5.56. The zero-order valence-corrected chi connectivity index (χ0v) is 9.46. The van der Waals surface area contributed by atoms with Crippen molar-refractivity contribution in [1.82, 2.24) is 19.9 Å². The largest absolute Gasteiger partial charge is 0.349 e. The Labute approximate surface area is 103 Å². The molecule has 0 aliphatic carbocycles. The number of aromatic nitrogens is 3. The van der Waals surface area contributed by atoms with Gasteiger partial charge in [-0.3, -0.25) is 19.5 Å². The number of aromatic amines is 1. The Morgan fingerprint density at radius 1 is 1.17 bits per heavy atom. The Hall–Kier alpha value is -2.50. The number of hydrogen-bond acceptors (Lipinski definition) is 4. The number of fused-ring (bicyclic) bond motifs is 1. The second kappa shape index (κ2) is 4.06. The molecule has 0 radical (unpaired) electrons. The van der Waals surface area contributed by atoms with Crippen LogP contribution in [-0.2, 0) is 6.42 Å². The molecule has 0 atom stereocenters. The molecule has 2 aromatic heterocycles. The van der Waals surface area contributed by atoms with Crippen LogP contribution in [0.1, 0.15) is 26.5 Å². The number of nitrogens with one attached hydrogen (secondary N) is 1. The van der Waals surface area contributed by atoms with E-state index in [2.05, 4.69) is 15.0 Å². The smallest absolute Gasteiger partial charge is 0.263 e. The van der Waals surface area contributed by atoms with Crippen LogP contribution in [0.5, 0.6) is 0 Å². The number of amides is 2. The number of rotatable bonds is 3. The Morgan fingerprint density at radius 3 is 2.72 bits per heavy atom. The highest BCUT2D eigenvalue weighted by Gasteiger charge is 2.35. The molecular weight excluding hydrogens is 232 g/mol. The lowest BCUT2D eigenvalue weighted by molar-refractivity contribution is 0.0655. The molecule has 3 rings (SSSR count). The molecule has 0 bridgehead atoms. The molecule has 90 valence electrons. The van der Waals surface area contributed by atoms with E-state index in [0.717, 1.165) is 5.82 Å². The fraction of sp³-hybridized carbons (Fsp3) is 0.167. The summed E-state index contributed by atoms with van der Waals surface area (Å²) in [5, 5.41) is 0. The number of imidazole rings is 1. The van der Waals surface area contributed by atoms with Gasteiger partial charge in [0.05, 0.1) is 11.1 Å². The van der Waals surface area contributed by atoms with Crippen molar-refractivity contribution >= 4 is 11.8 Å². The van der Waals surface area contributed by atoms with E-state index in [1.54, 1.807) is 18.5 Å². The maximum absolute atomic E-state index is 12.0. The quantitative estimate of drug-likeness (QED) is 0.801. The maximum atomic E-state index is 12.0. The zero-order chi connectivity index (χ0) is 12.5. The summed E-state index contributed by atoms with van der Waals surface area (Å²) >= 11 is 0. The van der Waals surface area contributed by atoms with Gasteiger partial charge in [0.2, 0.25) is 0 Å². The number of nitrogens with zero attached hydrogens (tertiary/aromatic N) is 3. The average molecular weight is 242 g/mol. The summed E-state index contributed by atoms with van der Waals surface area (Å²) in [5.74, 6) is 0.211. The minimum atomic E-state index is -0.283. The summed E-state index contributed by atoms with van der Waals surface area (Å²) in [7, 11) is 0. The van der Waals surface area contributed by atoms with E-state index in [-0.39, 0.29) is 11.8 Å². The van der Waals surface area contributed by atoms with Crippen LogP contribution in [0.3, 0.4) is 0 Å². The van der Waals surface area contributed by atoms with Gasteiger partial charge in [0, 0.05) is 37.8 Å². The first-order chi connectivity index (χ1) is 8.77. The molecule has 3 heterocycles. The zero-order valence-electron chi connectivity index (χ0n) is 9.46. The highest BCUT2D eigenvalue weighted by Crippen LogP contribution is 2.21. The van der Waals surface area contributed by atoms with Gasteiger partial charge in [-0.2, -0.15) is 0 Å². The summed E-state index contributed by atoms with van der Waals surface area (Å²) < 4.78 is 0. The van der Waals surface area contributed by atoms with Crippen molar-refractivity contribution in [2.75, 3.05) is 6.54 Å². The normalized spacial score (nSPS) is 14.1. The van der Waals surface area contributed by atoms with Crippen molar-refractivity contribution in [1.29, 1.82) is 0 Å². The third kappa shape index (κ3) is 1.58. The molecule has 0 saturated heterocycles. The Morgan fingerprint density at radius 2 is 2.00 bits per heavy atom. The predicted octanol–water partition coefficient (Wildman–Crippen LogP) is 0.643. The average Bonchev–Trinajstić information content (AvgIpc) is 2.98. The highest BCUT2D eigenvalue weighted by atomic mass is 16.2. The van der Waals surface area contributed by atoms with E-state index in [1.165, 1.54) is 17.3 Å². The van der Waals surface area contributed by atoms with Crippen molar-refractivity contribution < 1.29 is 9.59 Å². The SMILES string of the molecule is O=C1c2ccncc2C(=O)N1CCc1ncc[nH]1. The molecule has 0 aromatic carbocycles. The second-order valence-corrected chi connectivity index (χ2v) is 3.97. The van der Waals surface area contributed by atoms with Crippen LogP contribution < -0.4 is 0 Å². The molecule has 0 fully saturated rings. The van der Waals surface area contributed by atoms with E-state index in [4.69, 9.17) is 0 Å². The number of hydrogen-bond donors (Lipinski definition) is 1. The highest BCUT2D eigenvalue weighted by molar-refractivity contribution is 6.21. The summed E-state index contributed by atoms with van der Waals surface area (Å²) in [6.45, 7) is 0.319. The van der Waals surface area contributed by atoms with E-state index in [9.17, 15) is 9.59 Å². The van der Waals surface area contributed by atoms with E-state index >= 15 is 0 Å². The third-order valence-corrected chi connectivity index (χ3v) is 2.90. The summed E-state index contributed by atoms with van der Waals surface area (Å²) in [4.78, 5) is 36.1. The number of H-pyrrole nitrogens is 1. The van der Waals surface area contributed by atoms with Crippen LogP contribution >= 0.6 is 0 Å². The van der Waals surface area contributed by atoms with Gasteiger partial charge in [-0.25, -0.2) is 4.98 Å². The van der Waals surface area contributed by atoms with Gasteiger partial charge in [0.25, 0.3) is 11.8 Å². The van der Waals surface area contributed by atoms with Gasteiger partial charge in [-0.1, -0.05) is 0 Å². The molecule has 18 heavy (non-hydrogen) atoms. The monoisotopic (exact) mass is 242 g/mol. The van der Waals surface area contributed by atoms with Gasteiger partial charge in [-0.05, 0) is 6.07 Å². The molecular formula is C12H10N4O2. The van der Waals surface area contributed by atoms with Crippen molar-refractivity contribution in [2.45, 2.75) is 6.42 Å². The number of imide groups is 1. The van der Waals surface area contributed by atoms with Crippen molar-refractivity contribution in [3.8, 4) is 0 Å². The fourth-order valence-electron chi connectivity index (χ4n) is 1.99. The van der Waals surface area contributed by atoms with Gasteiger partial charge in [-0.15, -0.1) is 0 Å². The van der Waals surface area contributed by atoms with Crippen LogP contribution in [0.2, 0.25) is 0 Å². The van der Waals surface area contributed by atoms with Gasteiger partial charge < -0.3 is 4.98 Å². The minimum absolute atomic E-state index is 0.260. The molecule has 1 aliphatic heterocycles. The summed E-state index contributed by atoms with van der Waals surface area (Å²) in [5.41, 5.74) is 0.802. The summed E-state index contributed by atoms with van der Waals surface area (Å²) in [6, 6.07) is 1.57. The molecule has 1 aliphatic rings. The van der Waals surface area contributed by atoms with Crippen LogP contribution in [0.4, 0.5) is 0 Å². The van der Waals surface area contributed by atoms with Crippen LogP contribution in [0, 0.1) is 0 Å². The lowest BCUT2D eigenvalue weighted by Gasteiger charge is -2.12. The van der Waals surface area contributed by atoms with E-state index < -0.39 is 0 Å². The number of pyridine rings is 1. The Kier molecular flexibility index (Phi) is 2.40. The van der Waals surface area contributed by atoms with E-state index in [1.807, 2.05) is 0 Å². The lowest BCUT2D eigenvalue weighted by Crippen LogP contribution is -2.31. The molecule has 0 spiro atoms. The molecule has 6 heteroatoms. The topological polar surface area (TPSA) is 79.0 Å². The standard InChI is InChI=1S/C12H10N4O2/c17-11-8-1-3-13-7-9(8)12(18)16(11)6-2-10-14-4-5-15-10/h1,3-5,7H,2,6H2,(H,14,15). The first kappa shape index (κ1) is 10.6. The lowest BCUT2D eigenvalue weighted by atomic mass is 10.2. The van der Waals surface area contributed by atoms with Crippen LogP contribution in [-0.4, -0.2) is 38.2 Å². The third-order valence-electron chi connectivity index (χ3n) is 2.90. The second-order valence-electron chi connectivity index (χ2n) is 3.97. The van der Waals surface area contributed by atoms with Gasteiger partial charge in [0.1, 0.15) is 5.82 Å². The molecule has 1 N–H and O–H groups in total. The predicted molar refractivity (Wildman–Crippen MR) is 61.9 cm³/mol. The van der Waals surface area contributed by atoms with Gasteiger partial charge in [0.15, 0.2) is 0 Å². The summed E-state index contributed by atoms with van der Waals surface area (Å²) in [6.07, 6.45) is 6.82. The molecule has 0 saturated carbocycles. The Bertz CT molecular complexity index is 571. The van der Waals surface area contributed by atoms with Crippen molar-refractivity contribution in [3.05, 3.63) is 47.8 Å². The number of carbonyl (C=O) groups excluding carboxylic acids is 2. The van der Waals surface area contributed by atoms with E-state index in [0.29, 0.717) is 24.1 Å². The molecule has 2 aromatic rings. The maximum Gasteiger partial charge on any atom is 0.263 e. The molecule has 0 unspecified atom stereocenters. The molecule has 2 amide bonds. The van der Waals surface area contributed by atoms with Crippen molar-refractivity contribution in [3.63, 3.8) is 0 Å². The first-order valence-corrected chi connectivity index (χ1v) is 5.56. The Balaban J connectivity index is 1.80. The molecule has 6 nitrogen and oxygen atoms in total. The fourth-order valence-corrected chi connectivity index (χ4v) is 1.99. The van der Waals surface area contributed by atoms with Crippen LogP contribution in [0.15, 0.2) is 30.9 Å². The number of carbonyl (C=O) groups is 2.